The van der Waals surface area contributed by atoms with Crippen molar-refractivity contribution in [3.05, 3.63) is 71.8 Å². The molecule has 1 amide bonds. The fraction of sp³-hybridized carbons (Fsp3) is 0.167. The Balaban J connectivity index is 2.14. The zero-order valence-corrected chi connectivity index (χ0v) is 14.4. The van der Waals surface area contributed by atoms with E-state index in [0.29, 0.717) is 11.3 Å². The van der Waals surface area contributed by atoms with Crippen LogP contribution in [0.3, 0.4) is 0 Å². The average Bonchev–Trinajstić information content (AvgIpc) is 2.66. The van der Waals surface area contributed by atoms with E-state index in [4.69, 9.17) is 9.05 Å². The minimum Gasteiger partial charge on any atom is -0.310 e. The van der Waals surface area contributed by atoms with Crippen molar-refractivity contribution in [2.45, 2.75) is 5.78 Å². The highest BCUT2D eigenvalue weighted by atomic mass is 31.2. The molecule has 0 saturated heterocycles. The number of amides is 1. The van der Waals surface area contributed by atoms with Gasteiger partial charge in [0.05, 0.1) is 5.69 Å². The number of fused-ring (bicyclic) bond motifs is 1. The third kappa shape index (κ3) is 2.82. The number of anilines is 1. The van der Waals surface area contributed by atoms with Gasteiger partial charge < -0.3 is 9.05 Å². The Bertz CT molecular complexity index is 811. The van der Waals surface area contributed by atoms with Crippen LogP contribution in [0.1, 0.15) is 15.9 Å². The zero-order chi connectivity index (χ0) is 17.2. The van der Waals surface area contributed by atoms with Crippen molar-refractivity contribution in [3.8, 4) is 0 Å². The molecule has 0 aromatic heterocycles. The van der Waals surface area contributed by atoms with Gasteiger partial charge in [-0.05, 0) is 29.8 Å². The average molecular weight is 343 g/mol. The minimum absolute atomic E-state index is 0.258. The maximum Gasteiger partial charge on any atom is 0.356 e. The van der Waals surface area contributed by atoms with E-state index >= 15 is 0 Å². The summed E-state index contributed by atoms with van der Waals surface area (Å²) in [5, 5.41) is 0. The number of nitrogens with zero attached hydrogens (tertiary/aromatic N) is 1. The van der Waals surface area contributed by atoms with Crippen LogP contribution in [0.2, 0.25) is 0 Å². The Labute approximate surface area is 141 Å². The Morgan fingerprint density at radius 2 is 1.62 bits per heavy atom. The number of rotatable bonds is 4. The Morgan fingerprint density at radius 3 is 2.29 bits per heavy atom. The highest BCUT2D eigenvalue weighted by Gasteiger charge is 2.42. The number of para-hydroxylation sites is 1. The van der Waals surface area contributed by atoms with Crippen LogP contribution in [0.5, 0.6) is 0 Å². The molecule has 0 saturated carbocycles. The number of carbonyl (C=O) groups is 1. The summed E-state index contributed by atoms with van der Waals surface area (Å²) in [6, 6.07) is 16.3. The molecule has 0 bridgehead atoms. The third-order valence-corrected chi connectivity index (χ3v) is 6.05. The van der Waals surface area contributed by atoms with Crippen LogP contribution in [0, 0.1) is 0 Å². The Hall–Kier alpha value is -2.20. The van der Waals surface area contributed by atoms with Crippen molar-refractivity contribution in [3.63, 3.8) is 0 Å². The molecule has 0 N–H and O–H groups in total. The molecule has 2 aromatic rings. The molecule has 124 valence electrons. The van der Waals surface area contributed by atoms with E-state index < -0.39 is 13.4 Å². The second kappa shape index (κ2) is 6.73. The summed E-state index contributed by atoms with van der Waals surface area (Å²) in [5.41, 5.74) is 2.05. The lowest BCUT2D eigenvalue weighted by molar-refractivity contribution is 0.0982. The molecule has 24 heavy (non-hydrogen) atoms. The molecule has 5 nitrogen and oxygen atoms in total. The van der Waals surface area contributed by atoms with E-state index in [-0.39, 0.29) is 5.91 Å². The van der Waals surface area contributed by atoms with Gasteiger partial charge in [0.1, 0.15) is 0 Å². The van der Waals surface area contributed by atoms with Gasteiger partial charge in [-0.3, -0.25) is 14.3 Å². The molecule has 1 heterocycles. The van der Waals surface area contributed by atoms with Crippen molar-refractivity contribution in [2.24, 2.45) is 0 Å². The van der Waals surface area contributed by atoms with Crippen LogP contribution in [-0.4, -0.2) is 25.9 Å². The van der Waals surface area contributed by atoms with E-state index in [1.807, 2.05) is 36.4 Å². The van der Waals surface area contributed by atoms with Crippen LogP contribution >= 0.6 is 7.60 Å². The molecule has 0 aliphatic carbocycles. The predicted molar refractivity (Wildman–Crippen MR) is 94.1 cm³/mol. The number of hydrogen-bond acceptors (Lipinski definition) is 4. The van der Waals surface area contributed by atoms with E-state index in [0.717, 1.165) is 5.56 Å². The van der Waals surface area contributed by atoms with Gasteiger partial charge in [-0.1, -0.05) is 42.5 Å². The molecule has 1 aliphatic rings. The fourth-order valence-electron chi connectivity index (χ4n) is 2.75. The van der Waals surface area contributed by atoms with Crippen molar-refractivity contribution in [1.29, 1.82) is 0 Å². The first-order valence-corrected chi connectivity index (χ1v) is 9.09. The summed E-state index contributed by atoms with van der Waals surface area (Å²) >= 11 is 0. The molecular formula is C18H18NO4P. The normalized spacial score (nSPS) is 16.8. The van der Waals surface area contributed by atoms with Gasteiger partial charge in [-0.25, -0.2) is 0 Å². The van der Waals surface area contributed by atoms with Gasteiger partial charge >= 0.3 is 7.60 Å². The quantitative estimate of drug-likeness (QED) is 0.782. The molecular weight excluding hydrogens is 325 g/mol. The van der Waals surface area contributed by atoms with Crippen LogP contribution in [0.15, 0.2) is 60.7 Å². The minimum atomic E-state index is -3.52. The monoisotopic (exact) mass is 343 g/mol. The predicted octanol–water partition coefficient (Wildman–Crippen LogP) is 4.17. The van der Waals surface area contributed by atoms with Gasteiger partial charge in [-0.2, -0.15) is 0 Å². The first kappa shape index (κ1) is 16.7. The molecule has 0 spiro atoms. The first-order chi connectivity index (χ1) is 11.6. The summed E-state index contributed by atoms with van der Waals surface area (Å²) < 4.78 is 23.3. The van der Waals surface area contributed by atoms with Gasteiger partial charge in [0.15, 0.2) is 5.78 Å². The van der Waals surface area contributed by atoms with Gasteiger partial charge in [0.25, 0.3) is 5.91 Å². The summed E-state index contributed by atoms with van der Waals surface area (Å²) in [6.07, 6.45) is 3.52. The van der Waals surface area contributed by atoms with Crippen molar-refractivity contribution >= 4 is 25.3 Å². The number of carbonyl (C=O) groups excluding carboxylic acids is 1. The molecule has 0 radical (unpaired) electrons. The number of benzene rings is 2. The third-order valence-electron chi connectivity index (χ3n) is 3.98. The molecule has 1 unspecified atom stereocenters. The lowest BCUT2D eigenvalue weighted by Gasteiger charge is -2.36. The Kier molecular flexibility index (Phi) is 4.67. The number of hydrogen-bond donors (Lipinski definition) is 0. The van der Waals surface area contributed by atoms with E-state index in [1.54, 1.807) is 30.3 Å². The lowest BCUT2D eigenvalue weighted by Crippen LogP contribution is -2.41. The Morgan fingerprint density at radius 1 is 1.00 bits per heavy atom. The smallest absolute Gasteiger partial charge is 0.310 e. The first-order valence-electron chi connectivity index (χ1n) is 7.48. The van der Waals surface area contributed by atoms with E-state index in [1.165, 1.54) is 19.1 Å². The van der Waals surface area contributed by atoms with Crippen LogP contribution in [-0.2, 0) is 13.6 Å². The largest absolute Gasteiger partial charge is 0.356 e. The van der Waals surface area contributed by atoms with E-state index in [2.05, 4.69) is 0 Å². The van der Waals surface area contributed by atoms with Gasteiger partial charge in [-0.15, -0.1) is 0 Å². The van der Waals surface area contributed by atoms with Gasteiger partial charge in [0, 0.05) is 19.8 Å². The highest BCUT2D eigenvalue weighted by molar-refractivity contribution is 7.55. The fourth-order valence-corrected chi connectivity index (χ4v) is 4.14. The molecule has 1 atom stereocenters. The van der Waals surface area contributed by atoms with Crippen LogP contribution in [0.25, 0.3) is 6.08 Å². The van der Waals surface area contributed by atoms with Crippen molar-refractivity contribution in [2.75, 3.05) is 19.1 Å². The second-order valence-electron chi connectivity index (χ2n) is 5.28. The van der Waals surface area contributed by atoms with Crippen LogP contribution < -0.4 is 4.90 Å². The summed E-state index contributed by atoms with van der Waals surface area (Å²) in [5.74, 6) is -1.08. The molecule has 3 rings (SSSR count). The summed E-state index contributed by atoms with van der Waals surface area (Å²) in [6.45, 7) is 0. The molecule has 1 aliphatic heterocycles. The van der Waals surface area contributed by atoms with Crippen molar-refractivity contribution < 1.29 is 18.4 Å². The maximum atomic E-state index is 13.1. The van der Waals surface area contributed by atoms with Gasteiger partial charge in [0.2, 0.25) is 0 Å². The van der Waals surface area contributed by atoms with Crippen molar-refractivity contribution in [1.82, 2.24) is 0 Å². The van der Waals surface area contributed by atoms with Crippen LogP contribution in [0.4, 0.5) is 5.69 Å². The SMILES string of the molecule is COP(=O)(OC)C1C=Cc2ccccc2N1C(=O)c1ccccc1. The lowest BCUT2D eigenvalue weighted by atomic mass is 10.1. The molecule has 0 fully saturated rings. The van der Waals surface area contributed by atoms with E-state index in [9.17, 15) is 9.36 Å². The maximum absolute atomic E-state index is 13.1. The topological polar surface area (TPSA) is 55.8 Å². The zero-order valence-electron chi connectivity index (χ0n) is 13.5. The molecule has 2 aromatic carbocycles. The molecule has 6 heteroatoms. The second-order valence-corrected chi connectivity index (χ2v) is 7.62. The summed E-state index contributed by atoms with van der Waals surface area (Å²) in [7, 11) is -0.878. The summed E-state index contributed by atoms with van der Waals surface area (Å²) in [4.78, 5) is 14.6. The standard InChI is InChI=1S/C18H18NO4P/c1-22-24(21,23-2)17-13-12-14-8-6-7-11-16(14)19(17)18(20)15-9-4-3-5-10-15/h3-13,17H,1-2H3. The highest BCUT2D eigenvalue weighted by Crippen LogP contribution is 2.56.